The molecule has 1 aliphatic heterocycles. The second kappa shape index (κ2) is 9.53. The van der Waals surface area contributed by atoms with E-state index in [1.807, 2.05) is 38.1 Å². The van der Waals surface area contributed by atoms with Gasteiger partial charge in [0.15, 0.2) is 0 Å². The molecule has 5 nitrogen and oxygen atoms in total. The monoisotopic (exact) mass is 339 g/mol. The molecular formula is C17H26ClN3O2. The minimum Gasteiger partial charge on any atom is -0.352 e. The van der Waals surface area contributed by atoms with E-state index in [1.54, 1.807) is 0 Å². The minimum atomic E-state index is -0.00164. The maximum Gasteiger partial charge on any atom is 0.227 e. The summed E-state index contributed by atoms with van der Waals surface area (Å²) in [6.07, 6.45) is 1.72. The largest absolute Gasteiger partial charge is 0.352 e. The van der Waals surface area contributed by atoms with Gasteiger partial charge in [0.2, 0.25) is 11.8 Å². The maximum atomic E-state index is 12.0. The molecule has 1 fully saturated rings. The number of anilines is 1. The van der Waals surface area contributed by atoms with E-state index in [0.717, 1.165) is 37.2 Å². The Morgan fingerprint density at radius 2 is 2.17 bits per heavy atom. The van der Waals surface area contributed by atoms with Crippen molar-refractivity contribution in [2.75, 3.05) is 18.4 Å². The smallest absolute Gasteiger partial charge is 0.227 e. The number of carbonyl (C=O) groups excluding carboxylic acids is 2. The summed E-state index contributed by atoms with van der Waals surface area (Å²) >= 11 is 0. The molecule has 0 aliphatic carbocycles. The Morgan fingerprint density at radius 3 is 2.83 bits per heavy atom. The molecule has 1 aromatic carbocycles. The molecule has 2 rings (SSSR count). The van der Waals surface area contributed by atoms with E-state index in [-0.39, 0.29) is 36.1 Å². The molecule has 1 aromatic rings. The molecule has 0 spiro atoms. The van der Waals surface area contributed by atoms with Crippen molar-refractivity contribution < 1.29 is 9.59 Å². The van der Waals surface area contributed by atoms with E-state index in [1.165, 1.54) is 0 Å². The van der Waals surface area contributed by atoms with Crippen molar-refractivity contribution in [1.29, 1.82) is 0 Å². The molecule has 0 radical (unpaired) electrons. The van der Waals surface area contributed by atoms with Crippen molar-refractivity contribution in [2.45, 2.75) is 33.2 Å². The van der Waals surface area contributed by atoms with Crippen LogP contribution in [0.5, 0.6) is 0 Å². The molecule has 2 amide bonds. The average Bonchev–Trinajstić information content (AvgIpc) is 3.06. The average molecular weight is 340 g/mol. The Morgan fingerprint density at radius 1 is 1.39 bits per heavy atom. The van der Waals surface area contributed by atoms with Crippen LogP contribution in [-0.2, 0) is 16.1 Å². The van der Waals surface area contributed by atoms with Crippen LogP contribution >= 0.6 is 12.4 Å². The van der Waals surface area contributed by atoms with Crippen LogP contribution in [-0.4, -0.2) is 24.9 Å². The normalized spacial score (nSPS) is 17.9. The molecule has 6 heteroatoms. The fourth-order valence-electron chi connectivity index (χ4n) is 2.42. The number of amides is 2. The van der Waals surface area contributed by atoms with E-state index in [2.05, 4.69) is 16.0 Å². The first-order valence-corrected chi connectivity index (χ1v) is 7.98. The van der Waals surface area contributed by atoms with Crippen LogP contribution < -0.4 is 16.0 Å². The number of hydrogen-bond acceptors (Lipinski definition) is 3. The van der Waals surface area contributed by atoms with Crippen molar-refractivity contribution in [3.05, 3.63) is 29.8 Å². The van der Waals surface area contributed by atoms with Gasteiger partial charge in [-0.1, -0.05) is 26.0 Å². The Hall–Kier alpha value is -1.59. The van der Waals surface area contributed by atoms with E-state index in [9.17, 15) is 9.59 Å². The summed E-state index contributed by atoms with van der Waals surface area (Å²) in [7, 11) is 0. The molecule has 3 N–H and O–H groups in total. The van der Waals surface area contributed by atoms with Crippen LogP contribution in [0.1, 0.15) is 32.3 Å². The third-order valence-corrected chi connectivity index (χ3v) is 4.15. The van der Waals surface area contributed by atoms with Crippen molar-refractivity contribution >= 4 is 29.9 Å². The molecule has 23 heavy (non-hydrogen) atoms. The van der Waals surface area contributed by atoms with Gasteiger partial charge < -0.3 is 16.0 Å². The number of rotatable bonds is 6. The fourth-order valence-corrected chi connectivity index (χ4v) is 2.42. The molecule has 1 aliphatic rings. The molecule has 2 unspecified atom stereocenters. The summed E-state index contributed by atoms with van der Waals surface area (Å²) < 4.78 is 0. The highest BCUT2D eigenvalue weighted by Crippen LogP contribution is 2.14. The molecule has 0 bridgehead atoms. The van der Waals surface area contributed by atoms with E-state index in [4.69, 9.17) is 0 Å². The third-order valence-electron chi connectivity index (χ3n) is 4.15. The number of halogens is 1. The highest BCUT2D eigenvalue weighted by molar-refractivity contribution is 5.92. The Kier molecular flexibility index (Phi) is 8.06. The molecule has 1 saturated heterocycles. The van der Waals surface area contributed by atoms with Crippen molar-refractivity contribution in [2.24, 2.45) is 11.8 Å². The summed E-state index contributed by atoms with van der Waals surface area (Å²) in [5.74, 6) is 0.200. The molecule has 128 valence electrons. The topological polar surface area (TPSA) is 70.2 Å². The van der Waals surface area contributed by atoms with Gasteiger partial charge in [0.25, 0.3) is 0 Å². The summed E-state index contributed by atoms with van der Waals surface area (Å²) in [6, 6.07) is 7.62. The molecule has 1 heterocycles. The lowest BCUT2D eigenvalue weighted by molar-refractivity contribution is -0.124. The Balaban J connectivity index is 0.00000264. The Labute approximate surface area is 144 Å². The lowest BCUT2D eigenvalue weighted by Crippen LogP contribution is -2.31. The highest BCUT2D eigenvalue weighted by atomic mass is 35.5. The number of nitrogens with one attached hydrogen (secondary N) is 3. The third kappa shape index (κ3) is 5.84. The quantitative estimate of drug-likeness (QED) is 0.745. The van der Waals surface area contributed by atoms with E-state index >= 15 is 0 Å². The minimum absolute atomic E-state index is 0. The number of benzene rings is 1. The first kappa shape index (κ1) is 19.5. The van der Waals surface area contributed by atoms with Gasteiger partial charge in [0.05, 0.1) is 5.92 Å². The molecular weight excluding hydrogens is 314 g/mol. The molecule has 0 saturated carbocycles. The lowest BCUT2D eigenvalue weighted by Gasteiger charge is -2.12. The second-order valence-electron chi connectivity index (χ2n) is 5.91. The summed E-state index contributed by atoms with van der Waals surface area (Å²) in [5.41, 5.74) is 1.76. The fraction of sp³-hybridized carbons (Fsp3) is 0.529. The summed E-state index contributed by atoms with van der Waals surface area (Å²) in [6.45, 7) is 6.07. The zero-order valence-corrected chi connectivity index (χ0v) is 14.5. The van der Waals surface area contributed by atoms with Gasteiger partial charge in [-0.05, 0) is 37.1 Å². The first-order chi connectivity index (χ1) is 10.6. The van der Waals surface area contributed by atoms with Gasteiger partial charge in [-0.15, -0.1) is 12.4 Å². The van der Waals surface area contributed by atoms with Crippen LogP contribution in [0.25, 0.3) is 0 Å². The highest BCUT2D eigenvalue weighted by Gasteiger charge is 2.21. The first-order valence-electron chi connectivity index (χ1n) is 7.98. The molecule has 0 aromatic heterocycles. The van der Waals surface area contributed by atoms with Gasteiger partial charge in [-0.25, -0.2) is 0 Å². The predicted molar refractivity (Wildman–Crippen MR) is 94.6 cm³/mol. The van der Waals surface area contributed by atoms with Crippen LogP contribution in [0.3, 0.4) is 0 Å². The SMILES string of the molecule is CCC(C)C(=O)Nc1cccc(CNC(=O)C2CCNC2)c1.Cl. The summed E-state index contributed by atoms with van der Waals surface area (Å²) in [5, 5.41) is 9.07. The van der Waals surface area contributed by atoms with Crippen LogP contribution in [0, 0.1) is 11.8 Å². The van der Waals surface area contributed by atoms with Gasteiger partial charge in [-0.2, -0.15) is 0 Å². The number of carbonyl (C=O) groups is 2. The number of hydrogen-bond donors (Lipinski definition) is 3. The van der Waals surface area contributed by atoms with Crippen molar-refractivity contribution in [1.82, 2.24) is 10.6 Å². The van der Waals surface area contributed by atoms with Crippen LogP contribution in [0.15, 0.2) is 24.3 Å². The van der Waals surface area contributed by atoms with Crippen molar-refractivity contribution in [3.8, 4) is 0 Å². The zero-order chi connectivity index (χ0) is 15.9. The van der Waals surface area contributed by atoms with Gasteiger partial charge in [-0.3, -0.25) is 9.59 Å². The summed E-state index contributed by atoms with van der Waals surface area (Å²) in [4.78, 5) is 23.9. The molecule has 2 atom stereocenters. The standard InChI is InChI=1S/C17H25N3O2.ClH/c1-3-12(2)16(21)20-15-6-4-5-13(9-15)10-19-17(22)14-7-8-18-11-14;/h4-6,9,12,14,18H,3,7-8,10-11H2,1-2H3,(H,19,22)(H,20,21);1H. The van der Waals surface area contributed by atoms with E-state index in [0.29, 0.717) is 6.54 Å². The Bertz CT molecular complexity index is 530. The van der Waals surface area contributed by atoms with Crippen LogP contribution in [0.2, 0.25) is 0 Å². The zero-order valence-electron chi connectivity index (χ0n) is 13.7. The van der Waals surface area contributed by atoms with Crippen LogP contribution in [0.4, 0.5) is 5.69 Å². The lowest BCUT2D eigenvalue weighted by atomic mass is 10.1. The van der Waals surface area contributed by atoms with E-state index < -0.39 is 0 Å². The van der Waals surface area contributed by atoms with Gasteiger partial charge in [0, 0.05) is 24.7 Å². The second-order valence-corrected chi connectivity index (χ2v) is 5.91. The van der Waals surface area contributed by atoms with Crippen molar-refractivity contribution in [3.63, 3.8) is 0 Å². The van der Waals surface area contributed by atoms with Gasteiger partial charge >= 0.3 is 0 Å². The predicted octanol–water partition coefficient (Wildman–Crippen LogP) is 2.32. The van der Waals surface area contributed by atoms with Gasteiger partial charge in [0.1, 0.15) is 0 Å². The maximum absolute atomic E-state index is 12.0.